The SMILES string of the molecule is CCC1(C)CCN(c2nc3ccc(C(=O)O)cc3o2)CC1. The second kappa shape index (κ2) is 5.06. The molecule has 1 aliphatic heterocycles. The monoisotopic (exact) mass is 288 g/mol. The first-order chi connectivity index (χ1) is 10.0. The number of aromatic nitrogens is 1. The summed E-state index contributed by atoms with van der Waals surface area (Å²) in [7, 11) is 0. The van der Waals surface area contributed by atoms with E-state index in [1.807, 2.05) is 0 Å². The zero-order chi connectivity index (χ0) is 15.0. The van der Waals surface area contributed by atoms with E-state index in [4.69, 9.17) is 9.52 Å². The Morgan fingerprint density at radius 2 is 2.14 bits per heavy atom. The standard InChI is InChI=1S/C16H20N2O3/c1-3-16(2)6-8-18(9-7-16)15-17-12-5-4-11(14(19)20)10-13(12)21-15/h4-5,10H,3,6-9H2,1-2H3,(H,19,20). The molecule has 0 amide bonds. The van der Waals surface area contributed by atoms with Crippen molar-refractivity contribution in [2.24, 2.45) is 5.41 Å². The van der Waals surface area contributed by atoms with Crippen molar-refractivity contribution in [3.63, 3.8) is 0 Å². The van der Waals surface area contributed by atoms with Crippen molar-refractivity contribution in [2.75, 3.05) is 18.0 Å². The van der Waals surface area contributed by atoms with Gasteiger partial charge in [0, 0.05) is 13.1 Å². The Hall–Kier alpha value is -2.04. The van der Waals surface area contributed by atoms with Gasteiger partial charge in [0.15, 0.2) is 5.58 Å². The average molecular weight is 288 g/mol. The molecule has 0 bridgehead atoms. The third-order valence-corrected chi connectivity index (χ3v) is 4.72. The highest BCUT2D eigenvalue weighted by atomic mass is 16.4. The number of carboxylic acid groups (broad SMARTS) is 1. The Balaban J connectivity index is 1.83. The maximum Gasteiger partial charge on any atom is 0.335 e. The van der Waals surface area contributed by atoms with Gasteiger partial charge in [-0.15, -0.1) is 0 Å². The van der Waals surface area contributed by atoms with Crippen molar-refractivity contribution >= 4 is 23.1 Å². The van der Waals surface area contributed by atoms with E-state index in [9.17, 15) is 4.79 Å². The first-order valence-electron chi connectivity index (χ1n) is 7.40. The van der Waals surface area contributed by atoms with Gasteiger partial charge in [-0.05, 0) is 36.5 Å². The van der Waals surface area contributed by atoms with Gasteiger partial charge in [-0.1, -0.05) is 20.3 Å². The second-order valence-electron chi connectivity index (χ2n) is 6.14. The van der Waals surface area contributed by atoms with E-state index in [1.165, 1.54) is 12.5 Å². The lowest BCUT2D eigenvalue weighted by molar-refractivity contribution is 0.0697. The number of oxazole rings is 1. The van der Waals surface area contributed by atoms with Crippen molar-refractivity contribution in [3.05, 3.63) is 23.8 Å². The molecule has 112 valence electrons. The summed E-state index contributed by atoms with van der Waals surface area (Å²) in [6.07, 6.45) is 3.45. The molecule has 0 aliphatic carbocycles. The van der Waals surface area contributed by atoms with Crippen molar-refractivity contribution in [2.45, 2.75) is 33.1 Å². The highest BCUT2D eigenvalue weighted by Crippen LogP contribution is 2.36. The molecule has 0 spiro atoms. The van der Waals surface area contributed by atoms with Crippen LogP contribution in [0.3, 0.4) is 0 Å². The van der Waals surface area contributed by atoms with Gasteiger partial charge in [0.05, 0.1) is 5.56 Å². The number of fused-ring (bicyclic) bond motifs is 1. The summed E-state index contributed by atoms with van der Waals surface area (Å²) in [5.74, 6) is -0.952. The lowest BCUT2D eigenvalue weighted by atomic mass is 9.78. The van der Waals surface area contributed by atoms with Crippen molar-refractivity contribution in [3.8, 4) is 0 Å². The molecular formula is C16H20N2O3. The van der Waals surface area contributed by atoms with Gasteiger partial charge in [-0.25, -0.2) is 4.79 Å². The molecule has 0 saturated carbocycles. The number of hydrogen-bond acceptors (Lipinski definition) is 4. The summed E-state index contributed by atoms with van der Waals surface area (Å²) < 4.78 is 5.75. The molecule has 1 fully saturated rings. The van der Waals surface area contributed by atoms with Crippen LogP contribution in [0, 0.1) is 5.41 Å². The number of rotatable bonds is 3. The Labute approximate surface area is 123 Å². The Morgan fingerprint density at radius 1 is 1.43 bits per heavy atom. The molecule has 0 radical (unpaired) electrons. The van der Waals surface area contributed by atoms with Crippen LogP contribution in [-0.2, 0) is 0 Å². The molecule has 1 saturated heterocycles. The number of benzene rings is 1. The van der Waals surface area contributed by atoms with Gasteiger partial charge >= 0.3 is 5.97 Å². The Bertz CT molecular complexity index is 669. The zero-order valence-electron chi connectivity index (χ0n) is 12.4. The predicted molar refractivity (Wildman–Crippen MR) is 80.8 cm³/mol. The predicted octanol–water partition coefficient (Wildman–Crippen LogP) is 3.54. The van der Waals surface area contributed by atoms with Crippen LogP contribution >= 0.6 is 0 Å². The van der Waals surface area contributed by atoms with E-state index in [2.05, 4.69) is 23.7 Å². The smallest absolute Gasteiger partial charge is 0.335 e. The van der Waals surface area contributed by atoms with Crippen LogP contribution in [0.5, 0.6) is 0 Å². The summed E-state index contributed by atoms with van der Waals surface area (Å²) in [6.45, 7) is 6.43. The second-order valence-corrected chi connectivity index (χ2v) is 6.14. The van der Waals surface area contributed by atoms with E-state index in [0.29, 0.717) is 22.5 Å². The number of nitrogens with zero attached hydrogens (tertiary/aromatic N) is 2. The first kappa shape index (κ1) is 13.9. The summed E-state index contributed by atoms with van der Waals surface area (Å²) in [5.41, 5.74) is 1.88. The molecule has 3 rings (SSSR count). The molecule has 0 atom stereocenters. The number of aromatic carboxylic acids is 1. The molecule has 2 heterocycles. The fourth-order valence-electron chi connectivity index (χ4n) is 2.77. The van der Waals surface area contributed by atoms with Gasteiger partial charge in [0.2, 0.25) is 0 Å². The molecular weight excluding hydrogens is 268 g/mol. The number of anilines is 1. The van der Waals surface area contributed by atoms with Gasteiger partial charge in [0.25, 0.3) is 6.01 Å². The van der Waals surface area contributed by atoms with Crippen LogP contribution in [0.1, 0.15) is 43.5 Å². The fraction of sp³-hybridized carbons (Fsp3) is 0.500. The molecule has 1 aliphatic rings. The van der Waals surface area contributed by atoms with Gasteiger partial charge < -0.3 is 14.4 Å². The molecule has 0 unspecified atom stereocenters. The molecule has 1 aromatic carbocycles. The third kappa shape index (κ3) is 2.60. The van der Waals surface area contributed by atoms with Gasteiger partial charge in [-0.3, -0.25) is 0 Å². The van der Waals surface area contributed by atoms with E-state index in [-0.39, 0.29) is 5.56 Å². The number of hydrogen-bond donors (Lipinski definition) is 1. The highest BCUT2D eigenvalue weighted by Gasteiger charge is 2.30. The lowest BCUT2D eigenvalue weighted by Crippen LogP contribution is -2.38. The summed E-state index contributed by atoms with van der Waals surface area (Å²) in [6, 6.07) is 5.40. The van der Waals surface area contributed by atoms with E-state index in [1.54, 1.807) is 12.1 Å². The average Bonchev–Trinajstić information content (AvgIpc) is 2.90. The van der Waals surface area contributed by atoms with Crippen LogP contribution in [-0.4, -0.2) is 29.1 Å². The molecule has 5 heteroatoms. The van der Waals surface area contributed by atoms with Gasteiger partial charge in [0.1, 0.15) is 5.52 Å². The molecule has 1 aromatic heterocycles. The Kier molecular flexibility index (Phi) is 3.35. The molecule has 2 aromatic rings. The minimum absolute atomic E-state index is 0.224. The number of carbonyl (C=O) groups is 1. The van der Waals surface area contributed by atoms with Crippen LogP contribution in [0.2, 0.25) is 0 Å². The van der Waals surface area contributed by atoms with Crippen LogP contribution in [0.25, 0.3) is 11.1 Å². The molecule has 5 nitrogen and oxygen atoms in total. The van der Waals surface area contributed by atoms with E-state index in [0.717, 1.165) is 25.9 Å². The topological polar surface area (TPSA) is 66.6 Å². The number of piperidine rings is 1. The summed E-state index contributed by atoms with van der Waals surface area (Å²) in [5, 5.41) is 9.01. The van der Waals surface area contributed by atoms with Crippen LogP contribution < -0.4 is 4.90 Å². The summed E-state index contributed by atoms with van der Waals surface area (Å²) in [4.78, 5) is 17.6. The van der Waals surface area contributed by atoms with E-state index < -0.39 is 5.97 Å². The van der Waals surface area contributed by atoms with Gasteiger partial charge in [-0.2, -0.15) is 4.98 Å². The number of carboxylic acids is 1. The normalized spacial score (nSPS) is 18.1. The minimum atomic E-state index is -0.952. The Morgan fingerprint density at radius 3 is 2.76 bits per heavy atom. The molecule has 21 heavy (non-hydrogen) atoms. The maximum atomic E-state index is 11.0. The minimum Gasteiger partial charge on any atom is -0.478 e. The first-order valence-corrected chi connectivity index (χ1v) is 7.40. The molecule has 1 N–H and O–H groups in total. The lowest BCUT2D eigenvalue weighted by Gasteiger charge is -2.38. The third-order valence-electron chi connectivity index (χ3n) is 4.72. The fourth-order valence-corrected chi connectivity index (χ4v) is 2.77. The van der Waals surface area contributed by atoms with Crippen LogP contribution in [0.15, 0.2) is 22.6 Å². The van der Waals surface area contributed by atoms with E-state index >= 15 is 0 Å². The zero-order valence-corrected chi connectivity index (χ0v) is 12.4. The quantitative estimate of drug-likeness (QED) is 0.935. The highest BCUT2D eigenvalue weighted by molar-refractivity contribution is 5.92. The summed E-state index contributed by atoms with van der Waals surface area (Å²) >= 11 is 0. The maximum absolute atomic E-state index is 11.0. The van der Waals surface area contributed by atoms with Crippen molar-refractivity contribution in [1.82, 2.24) is 4.98 Å². The van der Waals surface area contributed by atoms with Crippen molar-refractivity contribution < 1.29 is 14.3 Å². The largest absolute Gasteiger partial charge is 0.478 e. The van der Waals surface area contributed by atoms with Crippen molar-refractivity contribution in [1.29, 1.82) is 0 Å². The van der Waals surface area contributed by atoms with Crippen LogP contribution in [0.4, 0.5) is 6.01 Å².